The fraction of sp³-hybridized carbons (Fsp3) is 0.500. The molecule has 0 aliphatic heterocycles. The molecule has 134 valence electrons. The number of nitrogens with one attached hydrogen (secondary N) is 1. The predicted octanol–water partition coefficient (Wildman–Crippen LogP) is -0.583. The Kier molecular flexibility index (Phi) is 5.63. The van der Waals surface area contributed by atoms with Gasteiger partial charge in [-0.1, -0.05) is 12.1 Å². The van der Waals surface area contributed by atoms with Gasteiger partial charge in [0.15, 0.2) is 0 Å². The Morgan fingerprint density at radius 1 is 1.21 bits per heavy atom. The van der Waals surface area contributed by atoms with E-state index in [2.05, 4.69) is 5.32 Å². The third-order valence-electron chi connectivity index (χ3n) is 3.67. The molecule has 0 radical (unpaired) electrons. The fourth-order valence-corrected chi connectivity index (χ4v) is 3.89. The van der Waals surface area contributed by atoms with Gasteiger partial charge in [-0.3, -0.25) is 4.79 Å². The predicted molar refractivity (Wildman–Crippen MR) is 89.1 cm³/mol. The van der Waals surface area contributed by atoms with Gasteiger partial charge in [0.1, 0.15) is 0 Å². The highest BCUT2D eigenvalue weighted by atomic mass is 32.2. The van der Waals surface area contributed by atoms with Crippen LogP contribution in [0.5, 0.6) is 0 Å². The summed E-state index contributed by atoms with van der Waals surface area (Å²) in [5.41, 5.74) is 0.838. The molecule has 3 N–H and O–H groups in total. The lowest BCUT2D eigenvalue weighted by atomic mass is 10.1. The number of amides is 1. The number of rotatable bonds is 8. The number of nitrogens with two attached hydrogens (primary N) is 1. The second kappa shape index (κ2) is 7.18. The van der Waals surface area contributed by atoms with Gasteiger partial charge in [-0.2, -0.15) is 4.31 Å². The molecule has 0 heterocycles. The molecule has 24 heavy (non-hydrogen) atoms. The van der Waals surface area contributed by atoms with Crippen LogP contribution in [0.3, 0.4) is 0 Å². The van der Waals surface area contributed by atoms with Crippen LogP contribution >= 0.6 is 0 Å². The van der Waals surface area contributed by atoms with Crippen molar-refractivity contribution >= 4 is 26.0 Å². The van der Waals surface area contributed by atoms with E-state index in [1.807, 2.05) is 0 Å². The first-order valence-corrected chi connectivity index (χ1v) is 10.8. The summed E-state index contributed by atoms with van der Waals surface area (Å²) in [5.74, 6) is -0.353. The standard InChI is InChI=1S/C14H21N3O5S2/c1-23(19,20)17(12-4-5-12)10-14(18)16-9-8-11-2-6-13(7-3-11)24(15,21)22/h2-3,6-7,12H,4-5,8-10H2,1H3,(H,16,18)(H2,15,21,22). The molecule has 1 saturated carbocycles. The second-order valence-electron chi connectivity index (χ2n) is 5.83. The van der Waals surface area contributed by atoms with E-state index in [1.165, 1.54) is 16.4 Å². The Labute approximate surface area is 142 Å². The van der Waals surface area contributed by atoms with Crippen molar-refractivity contribution in [2.75, 3.05) is 19.3 Å². The molecular formula is C14H21N3O5S2. The van der Waals surface area contributed by atoms with Gasteiger partial charge in [-0.15, -0.1) is 0 Å². The molecule has 0 unspecified atom stereocenters. The molecule has 10 heteroatoms. The van der Waals surface area contributed by atoms with Crippen molar-refractivity contribution < 1.29 is 21.6 Å². The molecule has 1 aromatic rings. The summed E-state index contributed by atoms with van der Waals surface area (Å²) in [4.78, 5) is 11.9. The van der Waals surface area contributed by atoms with Crippen LogP contribution in [0.4, 0.5) is 0 Å². The van der Waals surface area contributed by atoms with Crippen molar-refractivity contribution in [1.82, 2.24) is 9.62 Å². The first kappa shape index (κ1) is 18.8. The Hall–Kier alpha value is -1.49. The van der Waals surface area contributed by atoms with Gasteiger partial charge in [0.25, 0.3) is 0 Å². The van der Waals surface area contributed by atoms with E-state index in [0.29, 0.717) is 13.0 Å². The minimum atomic E-state index is -3.72. The average molecular weight is 375 g/mol. The lowest BCUT2D eigenvalue weighted by molar-refractivity contribution is -0.121. The second-order valence-corrected chi connectivity index (χ2v) is 9.32. The number of hydrogen-bond acceptors (Lipinski definition) is 5. The largest absolute Gasteiger partial charge is 0.355 e. The van der Waals surface area contributed by atoms with Crippen LogP contribution in [-0.4, -0.2) is 52.4 Å². The molecule has 1 aliphatic rings. The first-order chi connectivity index (χ1) is 11.1. The molecule has 1 aliphatic carbocycles. The minimum absolute atomic E-state index is 0.0310. The van der Waals surface area contributed by atoms with Crippen LogP contribution in [0.25, 0.3) is 0 Å². The summed E-state index contributed by atoms with van der Waals surface area (Å²) < 4.78 is 46.8. The number of nitrogens with zero attached hydrogens (tertiary/aromatic N) is 1. The number of benzene rings is 1. The Morgan fingerprint density at radius 2 is 1.79 bits per heavy atom. The zero-order valence-electron chi connectivity index (χ0n) is 13.3. The van der Waals surface area contributed by atoms with E-state index in [0.717, 1.165) is 24.7 Å². The molecular weight excluding hydrogens is 354 g/mol. The van der Waals surface area contributed by atoms with E-state index >= 15 is 0 Å². The van der Waals surface area contributed by atoms with Gasteiger partial charge >= 0.3 is 0 Å². The Morgan fingerprint density at radius 3 is 2.25 bits per heavy atom. The maximum atomic E-state index is 11.9. The highest BCUT2D eigenvalue weighted by Crippen LogP contribution is 2.28. The van der Waals surface area contributed by atoms with Gasteiger partial charge in [0.2, 0.25) is 26.0 Å². The van der Waals surface area contributed by atoms with Crippen molar-refractivity contribution in [2.24, 2.45) is 5.14 Å². The highest BCUT2D eigenvalue weighted by molar-refractivity contribution is 7.89. The smallest absolute Gasteiger partial charge is 0.238 e. The summed E-state index contributed by atoms with van der Waals surface area (Å²) >= 11 is 0. The van der Waals surface area contributed by atoms with Crippen LogP contribution in [0.2, 0.25) is 0 Å². The first-order valence-electron chi connectivity index (χ1n) is 7.42. The van der Waals surface area contributed by atoms with Crippen molar-refractivity contribution in [3.05, 3.63) is 29.8 Å². The Bertz CT molecular complexity index is 799. The maximum absolute atomic E-state index is 11.9. The highest BCUT2D eigenvalue weighted by Gasteiger charge is 2.36. The van der Waals surface area contributed by atoms with Crippen LogP contribution in [-0.2, 0) is 31.3 Å². The van der Waals surface area contributed by atoms with Crippen LogP contribution in [0, 0.1) is 0 Å². The van der Waals surface area contributed by atoms with Crippen molar-refractivity contribution in [3.8, 4) is 0 Å². The van der Waals surface area contributed by atoms with E-state index in [-0.39, 0.29) is 23.4 Å². The molecule has 1 amide bonds. The van der Waals surface area contributed by atoms with Gasteiger partial charge in [-0.05, 0) is 37.0 Å². The summed E-state index contributed by atoms with van der Waals surface area (Å²) in [6, 6.07) is 6.00. The lowest BCUT2D eigenvalue weighted by Crippen LogP contribution is -2.41. The van der Waals surface area contributed by atoms with E-state index < -0.39 is 20.0 Å². The Balaban J connectivity index is 1.82. The molecule has 0 saturated heterocycles. The molecule has 0 aromatic heterocycles. The molecule has 8 nitrogen and oxygen atoms in total. The molecule has 0 bridgehead atoms. The zero-order chi connectivity index (χ0) is 18.0. The topological polar surface area (TPSA) is 127 Å². The number of primary sulfonamides is 1. The van der Waals surface area contributed by atoms with Crippen molar-refractivity contribution in [3.63, 3.8) is 0 Å². The van der Waals surface area contributed by atoms with E-state index in [1.54, 1.807) is 12.1 Å². The van der Waals surface area contributed by atoms with Crippen LogP contribution < -0.4 is 10.5 Å². The summed E-state index contributed by atoms with van der Waals surface area (Å²) in [6.45, 7) is 0.156. The van der Waals surface area contributed by atoms with Crippen LogP contribution in [0.15, 0.2) is 29.2 Å². The molecule has 2 rings (SSSR count). The zero-order valence-corrected chi connectivity index (χ0v) is 14.9. The van der Waals surface area contributed by atoms with Gasteiger partial charge in [0, 0.05) is 12.6 Å². The van der Waals surface area contributed by atoms with E-state index in [4.69, 9.17) is 5.14 Å². The summed E-state index contributed by atoms with van der Waals surface area (Å²) in [6.07, 6.45) is 3.18. The van der Waals surface area contributed by atoms with E-state index in [9.17, 15) is 21.6 Å². The molecule has 0 atom stereocenters. The van der Waals surface area contributed by atoms with Gasteiger partial charge in [-0.25, -0.2) is 22.0 Å². The molecule has 1 fully saturated rings. The maximum Gasteiger partial charge on any atom is 0.238 e. The summed E-state index contributed by atoms with van der Waals surface area (Å²) in [7, 11) is -7.10. The number of carbonyl (C=O) groups excluding carboxylic acids is 1. The van der Waals surface area contributed by atoms with Crippen molar-refractivity contribution in [2.45, 2.75) is 30.2 Å². The monoisotopic (exact) mass is 375 g/mol. The minimum Gasteiger partial charge on any atom is -0.355 e. The third-order valence-corrected chi connectivity index (χ3v) is 5.88. The third kappa shape index (κ3) is 5.55. The van der Waals surface area contributed by atoms with Crippen molar-refractivity contribution in [1.29, 1.82) is 0 Å². The number of sulfonamides is 2. The quantitative estimate of drug-likeness (QED) is 0.628. The summed E-state index contributed by atoms with van der Waals surface area (Å²) in [5, 5.41) is 7.69. The van der Waals surface area contributed by atoms with Crippen LogP contribution in [0.1, 0.15) is 18.4 Å². The molecule has 1 aromatic carbocycles. The number of hydrogen-bond donors (Lipinski definition) is 2. The average Bonchev–Trinajstić information content (AvgIpc) is 3.27. The SMILES string of the molecule is CS(=O)(=O)N(CC(=O)NCCc1ccc(S(N)(=O)=O)cc1)C1CC1. The number of carbonyl (C=O) groups is 1. The van der Waals surface area contributed by atoms with Gasteiger partial charge < -0.3 is 5.32 Å². The van der Waals surface area contributed by atoms with Gasteiger partial charge in [0.05, 0.1) is 17.7 Å². The normalized spacial score (nSPS) is 15.5. The fourth-order valence-electron chi connectivity index (χ4n) is 2.27. The lowest BCUT2D eigenvalue weighted by Gasteiger charge is -2.18. The molecule has 0 spiro atoms.